The summed E-state index contributed by atoms with van der Waals surface area (Å²) in [5.74, 6) is 1.23. The second-order valence-electron chi connectivity index (χ2n) is 13.0. The standard InChI is InChI=1S/C46H32N2OS.Pt/c1-29-23-30(2)44(31(3)24-29)32-25-33(45-48-41-19-8-9-20-42(41)50-45)27-36(26-32)49-35-14-12-13-34(28-35)46(43-21-10-11-22-47-43)39-17-6-4-15-37(39)38-16-5-7-18-40(38)46;/h4-26H,1-3H3;/q-2;+2. The van der Waals surface area contributed by atoms with Crippen LogP contribution in [0.1, 0.15) is 39.1 Å². The Bertz CT molecular complexity index is 2470. The number of fused-ring (bicyclic) bond motifs is 4. The van der Waals surface area contributed by atoms with Crippen LogP contribution in [0, 0.1) is 32.9 Å². The third kappa shape index (κ3) is 5.55. The number of benzene rings is 6. The fraction of sp³-hybridized carbons (Fsp3) is 0.0870. The van der Waals surface area contributed by atoms with Crippen LogP contribution in [-0.4, -0.2) is 9.97 Å². The van der Waals surface area contributed by atoms with Crippen molar-refractivity contribution in [2.24, 2.45) is 0 Å². The van der Waals surface area contributed by atoms with Crippen LogP contribution in [0.25, 0.3) is 43.0 Å². The average molecular weight is 856 g/mol. The number of ether oxygens (including phenoxy) is 1. The van der Waals surface area contributed by atoms with Gasteiger partial charge in [-0.2, -0.15) is 23.5 Å². The second-order valence-corrected chi connectivity index (χ2v) is 14.0. The molecule has 9 rings (SSSR count). The molecule has 8 aromatic rings. The van der Waals surface area contributed by atoms with Gasteiger partial charge in [0, 0.05) is 27.4 Å². The van der Waals surface area contributed by atoms with E-state index in [0.29, 0.717) is 11.5 Å². The van der Waals surface area contributed by atoms with Gasteiger partial charge in [-0.05, 0) is 84.0 Å². The fourth-order valence-corrected chi connectivity index (χ4v) is 8.79. The molecule has 0 fully saturated rings. The van der Waals surface area contributed by atoms with E-state index < -0.39 is 5.41 Å². The first-order valence-electron chi connectivity index (χ1n) is 16.8. The van der Waals surface area contributed by atoms with Crippen molar-refractivity contribution in [2.45, 2.75) is 26.2 Å². The molecule has 51 heavy (non-hydrogen) atoms. The summed E-state index contributed by atoms with van der Waals surface area (Å²) in [6.45, 7) is 6.50. The van der Waals surface area contributed by atoms with Crippen LogP contribution >= 0.6 is 11.3 Å². The first kappa shape index (κ1) is 33.0. The molecule has 0 unspecified atom stereocenters. The molecule has 0 N–H and O–H groups in total. The second kappa shape index (κ2) is 13.2. The number of aromatic nitrogens is 2. The van der Waals surface area contributed by atoms with Crippen molar-refractivity contribution in [3.05, 3.63) is 191 Å². The van der Waals surface area contributed by atoms with E-state index in [0.717, 1.165) is 37.6 Å². The molecular formula is C46H32N2OPtS. The van der Waals surface area contributed by atoms with Crippen LogP contribution in [0.2, 0.25) is 0 Å². The maximum Gasteiger partial charge on any atom is 2.00 e. The number of para-hydroxylation sites is 1. The Morgan fingerprint density at radius 2 is 1.33 bits per heavy atom. The van der Waals surface area contributed by atoms with E-state index in [1.54, 1.807) is 11.3 Å². The van der Waals surface area contributed by atoms with Crippen molar-refractivity contribution in [2.75, 3.05) is 0 Å². The van der Waals surface area contributed by atoms with Crippen molar-refractivity contribution in [3.8, 4) is 44.3 Å². The molecular weight excluding hydrogens is 824 g/mol. The summed E-state index contributed by atoms with van der Waals surface area (Å²) in [6, 6.07) is 54.0. The summed E-state index contributed by atoms with van der Waals surface area (Å²) >= 11 is 1.67. The van der Waals surface area contributed by atoms with Crippen LogP contribution in [0.15, 0.2) is 140 Å². The monoisotopic (exact) mass is 855 g/mol. The van der Waals surface area contributed by atoms with Gasteiger partial charge >= 0.3 is 21.1 Å². The minimum absolute atomic E-state index is 0. The predicted molar refractivity (Wildman–Crippen MR) is 204 cm³/mol. The summed E-state index contributed by atoms with van der Waals surface area (Å²) in [4.78, 5) is 9.97. The van der Waals surface area contributed by atoms with Gasteiger partial charge in [0.15, 0.2) is 0 Å². The molecule has 0 radical (unpaired) electrons. The van der Waals surface area contributed by atoms with Gasteiger partial charge in [0.2, 0.25) is 0 Å². The van der Waals surface area contributed by atoms with Crippen molar-refractivity contribution in [1.82, 2.24) is 9.97 Å². The van der Waals surface area contributed by atoms with Gasteiger partial charge in [0.1, 0.15) is 0 Å². The van der Waals surface area contributed by atoms with Crippen LogP contribution in [0.5, 0.6) is 11.5 Å². The van der Waals surface area contributed by atoms with Crippen molar-refractivity contribution >= 4 is 21.6 Å². The molecule has 0 saturated carbocycles. The molecule has 6 aromatic carbocycles. The topological polar surface area (TPSA) is 35.0 Å². The van der Waals surface area contributed by atoms with E-state index in [-0.39, 0.29) is 21.1 Å². The van der Waals surface area contributed by atoms with E-state index in [1.807, 2.05) is 24.4 Å². The van der Waals surface area contributed by atoms with Crippen molar-refractivity contribution in [1.29, 1.82) is 0 Å². The minimum Gasteiger partial charge on any atom is -0.503 e. The number of pyridine rings is 1. The Labute approximate surface area is 316 Å². The normalized spacial score (nSPS) is 12.6. The third-order valence-electron chi connectivity index (χ3n) is 9.73. The Hall–Kier alpha value is -5.15. The Morgan fingerprint density at radius 1 is 0.647 bits per heavy atom. The molecule has 1 aliphatic rings. The predicted octanol–water partition coefficient (Wildman–Crippen LogP) is 11.7. The molecule has 3 nitrogen and oxygen atoms in total. The number of rotatable bonds is 6. The zero-order valence-corrected chi connectivity index (χ0v) is 31.4. The van der Waals surface area contributed by atoms with E-state index in [4.69, 9.17) is 14.7 Å². The Kier molecular flexibility index (Phi) is 8.54. The molecule has 2 heterocycles. The molecule has 0 saturated heterocycles. The maximum absolute atomic E-state index is 6.78. The molecule has 0 atom stereocenters. The maximum atomic E-state index is 6.78. The van der Waals surface area contributed by atoms with E-state index >= 15 is 0 Å². The van der Waals surface area contributed by atoms with E-state index in [9.17, 15) is 0 Å². The summed E-state index contributed by atoms with van der Waals surface area (Å²) in [6.07, 6.45) is 1.88. The number of nitrogens with zero attached hydrogens (tertiary/aromatic N) is 2. The molecule has 248 valence electrons. The largest absolute Gasteiger partial charge is 2.00 e. The molecule has 1 aliphatic carbocycles. The van der Waals surface area contributed by atoms with Crippen molar-refractivity contribution < 1.29 is 25.8 Å². The van der Waals surface area contributed by atoms with E-state index in [1.165, 1.54) is 44.5 Å². The van der Waals surface area contributed by atoms with Crippen molar-refractivity contribution in [3.63, 3.8) is 0 Å². The Morgan fingerprint density at radius 3 is 2.04 bits per heavy atom. The van der Waals surface area contributed by atoms with E-state index in [2.05, 4.69) is 148 Å². The van der Waals surface area contributed by atoms with Gasteiger partial charge in [0.25, 0.3) is 0 Å². The first-order valence-corrected chi connectivity index (χ1v) is 17.6. The number of hydrogen-bond acceptors (Lipinski definition) is 4. The van der Waals surface area contributed by atoms with Crippen LogP contribution in [0.3, 0.4) is 0 Å². The van der Waals surface area contributed by atoms with Gasteiger partial charge < -0.3 is 4.74 Å². The molecule has 0 bridgehead atoms. The quantitative estimate of drug-likeness (QED) is 0.156. The van der Waals surface area contributed by atoms with Gasteiger partial charge in [-0.15, -0.1) is 29.3 Å². The smallest absolute Gasteiger partial charge is 0.503 e. The molecule has 0 spiro atoms. The third-order valence-corrected chi connectivity index (χ3v) is 10.8. The van der Waals surface area contributed by atoms with Gasteiger partial charge in [-0.3, -0.25) is 9.97 Å². The first-order chi connectivity index (χ1) is 24.5. The summed E-state index contributed by atoms with van der Waals surface area (Å²) in [5.41, 5.74) is 13.9. The zero-order valence-electron chi connectivity index (χ0n) is 28.3. The van der Waals surface area contributed by atoms with Gasteiger partial charge in [-0.1, -0.05) is 102 Å². The molecule has 0 amide bonds. The zero-order chi connectivity index (χ0) is 33.8. The summed E-state index contributed by atoms with van der Waals surface area (Å²) in [7, 11) is 0. The fourth-order valence-electron chi connectivity index (χ4n) is 7.85. The van der Waals surface area contributed by atoms with Crippen LogP contribution < -0.4 is 4.74 Å². The molecule has 5 heteroatoms. The SMILES string of the molecule is Cc1cc(C)c(-c2cc(Oc3[c-]c(C4(c5ccccn5)c5ccccc5-c5ccccc54)ccc3)[c-]c(-c3nc4ccccc4s3)c2)c(C)c1.[Pt+2]. The molecule has 2 aromatic heterocycles. The minimum atomic E-state index is -0.665. The Balaban J connectivity index is 0.00000374. The summed E-state index contributed by atoms with van der Waals surface area (Å²) in [5, 5.41) is 0.909. The van der Waals surface area contributed by atoms with Crippen LogP contribution in [0.4, 0.5) is 0 Å². The number of hydrogen-bond donors (Lipinski definition) is 0. The summed E-state index contributed by atoms with van der Waals surface area (Å²) < 4.78 is 7.93. The number of thiazole rings is 1. The number of aryl methyl sites for hydroxylation is 3. The van der Waals surface area contributed by atoms with Crippen LogP contribution in [-0.2, 0) is 26.5 Å². The molecule has 0 aliphatic heterocycles. The average Bonchev–Trinajstić information content (AvgIpc) is 3.70. The van der Waals surface area contributed by atoms with Gasteiger partial charge in [-0.25, -0.2) is 0 Å². The van der Waals surface area contributed by atoms with Gasteiger partial charge in [0.05, 0.1) is 16.6 Å².